The van der Waals surface area contributed by atoms with Gasteiger partial charge in [0.05, 0.1) is 17.1 Å². The van der Waals surface area contributed by atoms with E-state index >= 15 is 0 Å². The highest BCUT2D eigenvalue weighted by atomic mass is 35.5. The molecule has 4 atom stereocenters. The smallest absolute Gasteiger partial charge is 0.229 e. The van der Waals surface area contributed by atoms with Gasteiger partial charge in [-0.2, -0.15) is 0 Å². The second kappa shape index (κ2) is 10.8. The molecule has 1 aliphatic rings. The molecule has 1 amide bonds. The molecule has 184 valence electrons. The predicted octanol–water partition coefficient (Wildman–Crippen LogP) is 7.96. The number of carbonyl (C=O) groups is 1. The largest absolute Gasteiger partial charge is 0.390 e. The average Bonchev–Trinajstić information content (AvgIpc) is 2.77. The minimum absolute atomic E-state index is 0.00859. The monoisotopic (exact) mass is 501 g/mol. The summed E-state index contributed by atoms with van der Waals surface area (Å²) in [7, 11) is 0. The van der Waals surface area contributed by atoms with Gasteiger partial charge in [-0.1, -0.05) is 67.4 Å². The SMILES string of the molecule is C=CC[C@@]1(C)CC(c2cccc(Cl)c2)C(c2ccc(Cl)cc2)N([C@@H](CC)CCC(C)(C)O)C1=O. The number of rotatable bonds is 9. The summed E-state index contributed by atoms with van der Waals surface area (Å²) in [5.41, 5.74) is 0.821. The number of hydrogen-bond acceptors (Lipinski definition) is 2. The molecule has 1 saturated heterocycles. The summed E-state index contributed by atoms with van der Waals surface area (Å²) in [4.78, 5) is 16.3. The fourth-order valence-electron chi connectivity index (χ4n) is 5.35. The molecule has 5 heteroatoms. The number of amides is 1. The van der Waals surface area contributed by atoms with Crippen LogP contribution < -0.4 is 0 Å². The molecular formula is C29H37Cl2NO2. The lowest BCUT2D eigenvalue weighted by molar-refractivity contribution is -0.155. The molecule has 1 fully saturated rings. The molecule has 34 heavy (non-hydrogen) atoms. The quantitative estimate of drug-likeness (QED) is 0.353. The number of aliphatic hydroxyl groups is 1. The molecule has 3 rings (SSSR count). The Labute approximate surface area is 214 Å². The third-order valence-corrected chi connectivity index (χ3v) is 7.63. The van der Waals surface area contributed by atoms with Crippen LogP contribution in [0, 0.1) is 5.41 Å². The number of allylic oxidation sites excluding steroid dienone is 1. The van der Waals surface area contributed by atoms with Gasteiger partial charge < -0.3 is 10.0 Å². The van der Waals surface area contributed by atoms with Crippen molar-refractivity contribution in [1.82, 2.24) is 4.90 Å². The minimum atomic E-state index is -0.793. The van der Waals surface area contributed by atoms with Crippen LogP contribution in [0.3, 0.4) is 0 Å². The molecule has 0 aromatic heterocycles. The Bertz CT molecular complexity index is 998. The molecule has 2 aromatic rings. The number of nitrogens with zero attached hydrogens (tertiary/aromatic N) is 1. The van der Waals surface area contributed by atoms with Crippen LogP contribution in [0.5, 0.6) is 0 Å². The lowest BCUT2D eigenvalue weighted by Gasteiger charge is -2.52. The van der Waals surface area contributed by atoms with E-state index in [1.807, 2.05) is 62.4 Å². The average molecular weight is 503 g/mol. The van der Waals surface area contributed by atoms with Gasteiger partial charge in [0.25, 0.3) is 0 Å². The highest BCUT2D eigenvalue weighted by molar-refractivity contribution is 6.30. The van der Waals surface area contributed by atoms with Crippen molar-refractivity contribution in [2.24, 2.45) is 5.41 Å². The summed E-state index contributed by atoms with van der Waals surface area (Å²) in [6, 6.07) is 15.7. The zero-order chi connectivity index (χ0) is 25.1. The molecule has 2 aromatic carbocycles. The van der Waals surface area contributed by atoms with Crippen molar-refractivity contribution in [1.29, 1.82) is 0 Å². The predicted molar refractivity (Wildman–Crippen MR) is 142 cm³/mol. The van der Waals surface area contributed by atoms with E-state index in [1.54, 1.807) is 0 Å². The zero-order valence-electron chi connectivity index (χ0n) is 20.7. The third kappa shape index (κ3) is 6.05. The fraction of sp³-hybridized carbons (Fsp3) is 0.483. The molecule has 0 aliphatic carbocycles. The number of carbonyl (C=O) groups excluding carboxylic acids is 1. The van der Waals surface area contributed by atoms with E-state index in [4.69, 9.17) is 23.2 Å². The Balaban J connectivity index is 2.19. The maximum Gasteiger partial charge on any atom is 0.229 e. The molecule has 1 aliphatic heterocycles. The summed E-state index contributed by atoms with van der Waals surface area (Å²) in [5.74, 6) is 0.201. The Morgan fingerprint density at radius 3 is 2.41 bits per heavy atom. The molecule has 3 nitrogen and oxygen atoms in total. The first-order valence-electron chi connectivity index (χ1n) is 12.2. The van der Waals surface area contributed by atoms with Crippen molar-refractivity contribution in [2.75, 3.05) is 0 Å². The normalized spacial score (nSPS) is 24.2. The van der Waals surface area contributed by atoms with E-state index in [9.17, 15) is 9.90 Å². The van der Waals surface area contributed by atoms with E-state index in [2.05, 4.69) is 31.4 Å². The van der Waals surface area contributed by atoms with E-state index in [1.165, 1.54) is 0 Å². The van der Waals surface area contributed by atoms with Gasteiger partial charge in [-0.05, 0) is 81.3 Å². The Morgan fingerprint density at radius 1 is 1.18 bits per heavy atom. The summed E-state index contributed by atoms with van der Waals surface area (Å²) in [6.45, 7) is 11.8. The highest BCUT2D eigenvalue weighted by Crippen LogP contribution is 2.52. The Kier molecular flexibility index (Phi) is 8.55. The number of benzene rings is 2. The molecule has 0 spiro atoms. The van der Waals surface area contributed by atoms with Crippen LogP contribution in [-0.4, -0.2) is 27.6 Å². The van der Waals surface area contributed by atoms with Gasteiger partial charge >= 0.3 is 0 Å². The third-order valence-electron chi connectivity index (χ3n) is 7.14. The second-order valence-corrected chi connectivity index (χ2v) is 11.4. The summed E-state index contributed by atoms with van der Waals surface area (Å²) >= 11 is 12.7. The Morgan fingerprint density at radius 2 is 1.85 bits per heavy atom. The van der Waals surface area contributed by atoms with E-state index < -0.39 is 11.0 Å². The van der Waals surface area contributed by atoms with Gasteiger partial charge in [0.1, 0.15) is 0 Å². The number of likely N-dealkylation sites (tertiary alicyclic amines) is 1. The second-order valence-electron chi connectivity index (χ2n) is 10.5. The van der Waals surface area contributed by atoms with Gasteiger partial charge in [0, 0.05) is 22.0 Å². The minimum Gasteiger partial charge on any atom is -0.390 e. The lowest BCUT2D eigenvalue weighted by Crippen LogP contribution is -2.55. The highest BCUT2D eigenvalue weighted by Gasteiger charge is 2.50. The van der Waals surface area contributed by atoms with Crippen molar-refractivity contribution in [2.45, 2.75) is 83.4 Å². The van der Waals surface area contributed by atoms with Crippen LogP contribution in [0.25, 0.3) is 0 Å². The van der Waals surface area contributed by atoms with Crippen molar-refractivity contribution >= 4 is 29.1 Å². The molecule has 0 bridgehead atoms. The van der Waals surface area contributed by atoms with Crippen molar-refractivity contribution in [3.63, 3.8) is 0 Å². The first-order chi connectivity index (χ1) is 16.0. The summed E-state index contributed by atoms with van der Waals surface area (Å²) in [6.07, 6.45) is 5.30. The first-order valence-corrected chi connectivity index (χ1v) is 12.9. The van der Waals surface area contributed by atoms with Crippen molar-refractivity contribution in [3.8, 4) is 0 Å². The maximum absolute atomic E-state index is 14.2. The van der Waals surface area contributed by atoms with Crippen LogP contribution in [0.2, 0.25) is 10.0 Å². The van der Waals surface area contributed by atoms with Crippen LogP contribution in [-0.2, 0) is 4.79 Å². The number of hydrogen-bond donors (Lipinski definition) is 1. The van der Waals surface area contributed by atoms with E-state index in [0.29, 0.717) is 29.3 Å². The van der Waals surface area contributed by atoms with E-state index in [0.717, 1.165) is 24.0 Å². The fourth-order valence-corrected chi connectivity index (χ4v) is 5.67. The molecule has 1 heterocycles. The van der Waals surface area contributed by atoms with Gasteiger partial charge in [0.15, 0.2) is 0 Å². The van der Waals surface area contributed by atoms with Gasteiger partial charge in [0.2, 0.25) is 5.91 Å². The van der Waals surface area contributed by atoms with Gasteiger partial charge in [-0.15, -0.1) is 6.58 Å². The topological polar surface area (TPSA) is 40.5 Å². The number of piperidine rings is 1. The maximum atomic E-state index is 14.2. The molecule has 0 radical (unpaired) electrons. The van der Waals surface area contributed by atoms with Crippen LogP contribution in [0.1, 0.15) is 82.9 Å². The Hall–Kier alpha value is -1.81. The standard InChI is InChI=1S/C29H37Cl2NO2/c1-6-16-29(5)19-25(21-9-8-10-23(31)18-21)26(20-11-13-22(30)14-12-20)32(27(29)33)24(7-2)15-17-28(3,4)34/h6,8-14,18,24-26,34H,1,7,15-17,19H2,2-5H3/t24-,25?,26?,29-/m0/s1. The molecular weight excluding hydrogens is 465 g/mol. The summed E-state index contributed by atoms with van der Waals surface area (Å²) in [5, 5.41) is 11.8. The lowest BCUT2D eigenvalue weighted by atomic mass is 9.67. The van der Waals surface area contributed by atoms with E-state index in [-0.39, 0.29) is 23.9 Å². The van der Waals surface area contributed by atoms with Gasteiger partial charge in [-0.25, -0.2) is 0 Å². The van der Waals surface area contributed by atoms with Crippen LogP contribution >= 0.6 is 23.2 Å². The zero-order valence-corrected chi connectivity index (χ0v) is 22.2. The van der Waals surface area contributed by atoms with Crippen molar-refractivity contribution in [3.05, 3.63) is 82.4 Å². The van der Waals surface area contributed by atoms with Crippen LogP contribution in [0.15, 0.2) is 61.2 Å². The van der Waals surface area contributed by atoms with Crippen LogP contribution in [0.4, 0.5) is 0 Å². The molecule has 2 unspecified atom stereocenters. The first kappa shape index (κ1) is 26.8. The number of halogens is 2. The van der Waals surface area contributed by atoms with Gasteiger partial charge in [-0.3, -0.25) is 4.79 Å². The molecule has 0 saturated carbocycles. The molecule has 1 N–H and O–H groups in total. The van der Waals surface area contributed by atoms with Crippen molar-refractivity contribution < 1.29 is 9.90 Å². The summed E-state index contributed by atoms with van der Waals surface area (Å²) < 4.78 is 0.